The van der Waals surface area contributed by atoms with Crippen LogP contribution >= 0.6 is 11.8 Å². The van der Waals surface area contributed by atoms with E-state index in [0.717, 1.165) is 25.1 Å². The third-order valence-corrected chi connectivity index (χ3v) is 4.06. The number of aryl methyl sites for hydroxylation is 1. The van der Waals surface area contributed by atoms with Crippen molar-refractivity contribution in [3.05, 3.63) is 12.4 Å². The SMILES string of the molecule is CCNC(C)(CO)CCCCSc1cnn(C)c1. The maximum atomic E-state index is 9.37. The largest absolute Gasteiger partial charge is 0.394 e. The maximum absolute atomic E-state index is 9.37. The minimum atomic E-state index is -0.117. The number of nitrogens with zero attached hydrogens (tertiary/aromatic N) is 2. The Morgan fingerprint density at radius 3 is 2.83 bits per heavy atom. The molecular formula is C13H25N3OS. The molecule has 0 radical (unpaired) electrons. The molecule has 0 aliphatic carbocycles. The summed E-state index contributed by atoms with van der Waals surface area (Å²) >= 11 is 1.85. The van der Waals surface area contributed by atoms with Crippen molar-refractivity contribution in [3.8, 4) is 0 Å². The van der Waals surface area contributed by atoms with E-state index in [9.17, 15) is 5.11 Å². The predicted molar refractivity (Wildman–Crippen MR) is 77.0 cm³/mol. The molecule has 1 atom stereocenters. The van der Waals surface area contributed by atoms with Gasteiger partial charge in [0.15, 0.2) is 0 Å². The smallest absolute Gasteiger partial charge is 0.0625 e. The minimum Gasteiger partial charge on any atom is -0.394 e. The van der Waals surface area contributed by atoms with Crippen molar-refractivity contribution < 1.29 is 5.11 Å². The Hall–Kier alpha value is -0.520. The van der Waals surface area contributed by atoms with E-state index < -0.39 is 0 Å². The molecule has 4 nitrogen and oxygen atoms in total. The third kappa shape index (κ3) is 5.42. The zero-order valence-electron chi connectivity index (χ0n) is 11.6. The highest BCUT2D eigenvalue weighted by Crippen LogP contribution is 2.20. The molecule has 1 rings (SSSR count). The van der Waals surface area contributed by atoms with Crippen LogP contribution in [0.5, 0.6) is 0 Å². The van der Waals surface area contributed by atoms with Gasteiger partial charge < -0.3 is 10.4 Å². The molecule has 0 amide bonds. The van der Waals surface area contributed by atoms with Crippen molar-refractivity contribution in [3.63, 3.8) is 0 Å². The molecule has 1 aromatic rings. The molecule has 1 heterocycles. The third-order valence-electron chi connectivity index (χ3n) is 3.03. The van der Waals surface area contributed by atoms with Crippen LogP contribution < -0.4 is 5.32 Å². The van der Waals surface area contributed by atoms with Gasteiger partial charge in [-0.2, -0.15) is 5.10 Å². The standard InChI is InChI=1S/C13H25N3OS/c1-4-14-13(2,11-17)7-5-6-8-18-12-9-15-16(3)10-12/h9-10,14,17H,4-8,11H2,1-3H3. The zero-order chi connectivity index (χ0) is 13.4. The van der Waals surface area contributed by atoms with Gasteiger partial charge in [0.2, 0.25) is 0 Å². The second-order valence-corrected chi connectivity index (χ2v) is 6.07. The molecule has 0 aromatic carbocycles. The summed E-state index contributed by atoms with van der Waals surface area (Å²) in [7, 11) is 1.94. The van der Waals surface area contributed by atoms with Crippen LogP contribution in [0.2, 0.25) is 0 Å². The van der Waals surface area contributed by atoms with Crippen molar-refractivity contribution in [2.75, 3.05) is 18.9 Å². The Balaban J connectivity index is 2.14. The van der Waals surface area contributed by atoms with Crippen molar-refractivity contribution >= 4 is 11.8 Å². The molecule has 0 spiro atoms. The molecule has 1 aromatic heterocycles. The van der Waals surface area contributed by atoms with Crippen LogP contribution in [0.3, 0.4) is 0 Å². The molecular weight excluding hydrogens is 246 g/mol. The quantitative estimate of drug-likeness (QED) is 0.533. The van der Waals surface area contributed by atoms with Crippen LogP contribution in [-0.2, 0) is 7.05 Å². The number of unbranched alkanes of at least 4 members (excludes halogenated alkanes) is 1. The first-order valence-electron chi connectivity index (χ1n) is 6.57. The molecule has 2 N–H and O–H groups in total. The lowest BCUT2D eigenvalue weighted by Crippen LogP contribution is -2.45. The van der Waals surface area contributed by atoms with E-state index in [1.807, 2.05) is 35.9 Å². The summed E-state index contributed by atoms with van der Waals surface area (Å²) in [5.41, 5.74) is -0.117. The molecule has 0 saturated carbocycles. The van der Waals surface area contributed by atoms with Gasteiger partial charge in [-0.1, -0.05) is 13.3 Å². The molecule has 18 heavy (non-hydrogen) atoms. The second kappa shape index (κ2) is 7.81. The van der Waals surface area contributed by atoms with Gasteiger partial charge in [0.05, 0.1) is 12.8 Å². The number of hydrogen-bond donors (Lipinski definition) is 2. The first-order valence-corrected chi connectivity index (χ1v) is 7.55. The van der Waals surface area contributed by atoms with Crippen molar-refractivity contribution in [2.45, 2.75) is 43.5 Å². The fourth-order valence-electron chi connectivity index (χ4n) is 1.93. The van der Waals surface area contributed by atoms with Crippen LogP contribution in [0.25, 0.3) is 0 Å². The summed E-state index contributed by atoms with van der Waals surface area (Å²) in [6.07, 6.45) is 7.27. The van der Waals surface area contributed by atoms with E-state index in [4.69, 9.17) is 0 Å². The van der Waals surface area contributed by atoms with Gasteiger partial charge in [-0.3, -0.25) is 4.68 Å². The highest BCUT2D eigenvalue weighted by molar-refractivity contribution is 7.99. The van der Waals surface area contributed by atoms with E-state index in [1.165, 1.54) is 11.3 Å². The monoisotopic (exact) mass is 271 g/mol. The molecule has 0 saturated heterocycles. The van der Waals surface area contributed by atoms with Gasteiger partial charge in [-0.25, -0.2) is 0 Å². The van der Waals surface area contributed by atoms with Crippen molar-refractivity contribution in [2.24, 2.45) is 7.05 Å². The molecule has 1 unspecified atom stereocenters. The number of aromatic nitrogens is 2. The van der Waals surface area contributed by atoms with Crippen molar-refractivity contribution in [1.82, 2.24) is 15.1 Å². The van der Waals surface area contributed by atoms with Gasteiger partial charge >= 0.3 is 0 Å². The number of thioether (sulfide) groups is 1. The maximum Gasteiger partial charge on any atom is 0.0625 e. The normalized spacial score (nSPS) is 14.7. The van der Waals surface area contributed by atoms with E-state index in [1.54, 1.807) is 0 Å². The Morgan fingerprint density at radius 2 is 2.28 bits per heavy atom. The van der Waals surface area contributed by atoms with E-state index in [0.29, 0.717) is 0 Å². The van der Waals surface area contributed by atoms with Crippen LogP contribution in [0.4, 0.5) is 0 Å². The predicted octanol–water partition coefficient (Wildman–Crippen LogP) is 2.04. The van der Waals surface area contributed by atoms with Crippen molar-refractivity contribution in [1.29, 1.82) is 0 Å². The van der Waals surface area contributed by atoms with Gasteiger partial charge in [0.1, 0.15) is 0 Å². The number of hydrogen-bond acceptors (Lipinski definition) is 4. The molecule has 0 bridgehead atoms. The molecule has 0 fully saturated rings. The van der Waals surface area contributed by atoms with E-state index in [-0.39, 0.29) is 12.1 Å². The summed E-state index contributed by atoms with van der Waals surface area (Å²) in [5.74, 6) is 1.11. The summed E-state index contributed by atoms with van der Waals surface area (Å²) in [6, 6.07) is 0. The van der Waals surface area contributed by atoms with Crippen LogP contribution in [0, 0.1) is 0 Å². The average molecular weight is 271 g/mol. The number of aliphatic hydroxyl groups is 1. The molecule has 5 heteroatoms. The Morgan fingerprint density at radius 1 is 1.50 bits per heavy atom. The lowest BCUT2D eigenvalue weighted by molar-refractivity contribution is 0.165. The lowest BCUT2D eigenvalue weighted by Gasteiger charge is -2.28. The molecule has 104 valence electrons. The van der Waals surface area contributed by atoms with Gasteiger partial charge in [-0.15, -0.1) is 11.8 Å². The Bertz CT molecular complexity index is 343. The average Bonchev–Trinajstić information content (AvgIpc) is 2.75. The van der Waals surface area contributed by atoms with Gasteiger partial charge in [0, 0.05) is 23.7 Å². The van der Waals surface area contributed by atoms with E-state index in [2.05, 4.69) is 24.3 Å². The van der Waals surface area contributed by atoms with Crippen LogP contribution in [0.1, 0.15) is 33.1 Å². The molecule has 0 aliphatic heterocycles. The highest BCUT2D eigenvalue weighted by atomic mass is 32.2. The fourth-order valence-corrected chi connectivity index (χ4v) is 2.86. The Labute approximate surface area is 114 Å². The van der Waals surface area contributed by atoms with Crippen LogP contribution in [0.15, 0.2) is 17.3 Å². The summed E-state index contributed by atoms with van der Waals surface area (Å²) in [4.78, 5) is 1.23. The summed E-state index contributed by atoms with van der Waals surface area (Å²) in [5, 5.41) is 16.9. The molecule has 0 aliphatic rings. The first kappa shape index (κ1) is 15.5. The number of likely N-dealkylation sites (N-methyl/N-ethyl adjacent to an activating group) is 1. The first-order chi connectivity index (χ1) is 8.59. The number of rotatable bonds is 9. The lowest BCUT2D eigenvalue weighted by atomic mass is 9.96. The summed E-state index contributed by atoms with van der Waals surface area (Å²) < 4.78 is 1.83. The van der Waals surface area contributed by atoms with Gasteiger partial charge in [-0.05, 0) is 32.1 Å². The zero-order valence-corrected chi connectivity index (χ0v) is 12.5. The number of nitrogens with one attached hydrogen (secondary N) is 1. The van der Waals surface area contributed by atoms with E-state index >= 15 is 0 Å². The van der Waals surface area contributed by atoms with Gasteiger partial charge in [0.25, 0.3) is 0 Å². The summed E-state index contributed by atoms with van der Waals surface area (Å²) in [6.45, 7) is 5.27. The Kier molecular flexibility index (Phi) is 6.75. The fraction of sp³-hybridized carbons (Fsp3) is 0.769. The minimum absolute atomic E-state index is 0.117. The topological polar surface area (TPSA) is 50.1 Å². The van der Waals surface area contributed by atoms with Crippen LogP contribution in [-0.4, -0.2) is 39.3 Å². The second-order valence-electron chi connectivity index (χ2n) is 4.90. The number of aliphatic hydroxyl groups excluding tert-OH is 1. The highest BCUT2D eigenvalue weighted by Gasteiger charge is 2.20.